The molecule has 0 fully saturated rings. The van der Waals surface area contributed by atoms with Gasteiger partial charge in [-0.2, -0.15) is 0 Å². The van der Waals surface area contributed by atoms with Crippen molar-refractivity contribution in [2.75, 3.05) is 20.8 Å². The summed E-state index contributed by atoms with van der Waals surface area (Å²) in [5.41, 5.74) is 2.14. The Morgan fingerprint density at radius 1 is 1.16 bits per heavy atom. The summed E-state index contributed by atoms with van der Waals surface area (Å²) in [6.45, 7) is 2.34. The summed E-state index contributed by atoms with van der Waals surface area (Å²) >= 11 is 0. The van der Waals surface area contributed by atoms with E-state index in [9.17, 15) is 4.79 Å². The molecular weight excluding hydrogens is 320 g/mol. The van der Waals surface area contributed by atoms with Crippen molar-refractivity contribution in [1.82, 2.24) is 19.9 Å². The second-order valence-electron chi connectivity index (χ2n) is 5.56. The summed E-state index contributed by atoms with van der Waals surface area (Å²) in [4.78, 5) is 12.4. The van der Waals surface area contributed by atoms with Crippen molar-refractivity contribution in [3.05, 3.63) is 53.5 Å². The standard InChI is InChI=1S/C18H20N4O3/c1-12-14(24-2)10-13(11-15(12)25-3)18(23)19-8-7-17-21-20-16-6-4-5-9-22(16)17/h4-6,9-11H,7-8H2,1-3H3,(H,19,23). The third-order valence-electron chi connectivity index (χ3n) is 4.03. The summed E-state index contributed by atoms with van der Waals surface area (Å²) in [7, 11) is 3.14. The molecule has 0 saturated carbocycles. The van der Waals surface area contributed by atoms with Gasteiger partial charge in [-0.15, -0.1) is 10.2 Å². The van der Waals surface area contributed by atoms with Crippen molar-refractivity contribution in [2.24, 2.45) is 0 Å². The van der Waals surface area contributed by atoms with E-state index >= 15 is 0 Å². The lowest BCUT2D eigenvalue weighted by atomic mass is 10.1. The first-order valence-corrected chi connectivity index (χ1v) is 7.93. The van der Waals surface area contributed by atoms with Gasteiger partial charge in [-0.05, 0) is 31.2 Å². The van der Waals surface area contributed by atoms with E-state index in [0.717, 1.165) is 17.0 Å². The summed E-state index contributed by atoms with van der Waals surface area (Å²) < 4.78 is 12.5. The molecule has 1 amide bonds. The van der Waals surface area contributed by atoms with E-state index in [1.165, 1.54) is 0 Å². The number of fused-ring (bicyclic) bond motifs is 1. The summed E-state index contributed by atoms with van der Waals surface area (Å²) in [5, 5.41) is 11.1. The molecule has 0 aliphatic carbocycles. The molecule has 0 atom stereocenters. The van der Waals surface area contributed by atoms with Crippen LogP contribution in [0.2, 0.25) is 0 Å². The normalized spacial score (nSPS) is 10.7. The van der Waals surface area contributed by atoms with Gasteiger partial charge in [0.25, 0.3) is 5.91 Å². The van der Waals surface area contributed by atoms with Crippen LogP contribution in [0, 0.1) is 6.92 Å². The Labute approximate surface area is 145 Å². The molecule has 1 N–H and O–H groups in total. The van der Waals surface area contributed by atoms with Gasteiger partial charge >= 0.3 is 0 Å². The maximum atomic E-state index is 12.4. The van der Waals surface area contributed by atoms with Crippen LogP contribution in [0.1, 0.15) is 21.7 Å². The average molecular weight is 340 g/mol. The first-order chi connectivity index (χ1) is 12.1. The molecule has 2 aromatic heterocycles. The number of aromatic nitrogens is 3. The lowest BCUT2D eigenvalue weighted by Gasteiger charge is -2.12. The fraction of sp³-hybridized carbons (Fsp3) is 0.278. The number of amides is 1. The minimum absolute atomic E-state index is 0.189. The van der Waals surface area contributed by atoms with Crippen molar-refractivity contribution >= 4 is 11.6 Å². The molecule has 2 heterocycles. The zero-order chi connectivity index (χ0) is 17.8. The largest absolute Gasteiger partial charge is 0.496 e. The van der Waals surface area contributed by atoms with Gasteiger partial charge in [-0.3, -0.25) is 9.20 Å². The Bertz CT molecular complexity index is 879. The van der Waals surface area contributed by atoms with Crippen LogP contribution >= 0.6 is 0 Å². The van der Waals surface area contributed by atoms with E-state index in [1.807, 2.05) is 35.7 Å². The third-order valence-corrected chi connectivity index (χ3v) is 4.03. The van der Waals surface area contributed by atoms with Crippen LogP contribution < -0.4 is 14.8 Å². The number of pyridine rings is 1. The highest BCUT2D eigenvalue weighted by Crippen LogP contribution is 2.29. The van der Waals surface area contributed by atoms with E-state index in [2.05, 4.69) is 15.5 Å². The number of nitrogens with one attached hydrogen (secondary N) is 1. The van der Waals surface area contributed by atoms with Gasteiger partial charge in [-0.25, -0.2) is 0 Å². The van der Waals surface area contributed by atoms with Gasteiger partial charge in [-0.1, -0.05) is 6.07 Å². The Kier molecular flexibility index (Phi) is 4.83. The Balaban J connectivity index is 1.68. The number of carbonyl (C=O) groups is 1. The van der Waals surface area contributed by atoms with Crippen LogP contribution in [-0.4, -0.2) is 41.3 Å². The number of nitrogens with zero attached hydrogens (tertiary/aromatic N) is 3. The number of carbonyl (C=O) groups excluding carboxylic acids is 1. The molecule has 1 aromatic carbocycles. The molecule has 0 aliphatic rings. The van der Waals surface area contributed by atoms with Gasteiger partial charge < -0.3 is 14.8 Å². The van der Waals surface area contributed by atoms with Crippen LogP contribution in [0.4, 0.5) is 0 Å². The van der Waals surface area contributed by atoms with Crippen molar-refractivity contribution in [1.29, 1.82) is 0 Å². The number of methoxy groups -OCH3 is 2. The van der Waals surface area contributed by atoms with Gasteiger partial charge in [0.15, 0.2) is 5.65 Å². The zero-order valence-corrected chi connectivity index (χ0v) is 14.4. The van der Waals surface area contributed by atoms with Crippen LogP contribution in [0.25, 0.3) is 5.65 Å². The smallest absolute Gasteiger partial charge is 0.251 e. The van der Waals surface area contributed by atoms with E-state index in [1.54, 1.807) is 26.4 Å². The third kappa shape index (κ3) is 3.40. The van der Waals surface area contributed by atoms with Crippen LogP contribution in [0.3, 0.4) is 0 Å². The molecule has 7 nitrogen and oxygen atoms in total. The molecule has 130 valence electrons. The fourth-order valence-electron chi connectivity index (χ4n) is 2.67. The fourth-order valence-corrected chi connectivity index (χ4v) is 2.67. The number of rotatable bonds is 6. The van der Waals surface area contributed by atoms with E-state index in [4.69, 9.17) is 9.47 Å². The molecular formula is C18H20N4O3. The van der Waals surface area contributed by atoms with E-state index in [-0.39, 0.29) is 5.91 Å². The highest BCUT2D eigenvalue weighted by molar-refractivity contribution is 5.95. The second kappa shape index (κ2) is 7.21. The summed E-state index contributed by atoms with van der Waals surface area (Å²) in [6, 6.07) is 9.14. The van der Waals surface area contributed by atoms with Crippen molar-refractivity contribution < 1.29 is 14.3 Å². The quantitative estimate of drug-likeness (QED) is 0.743. The maximum Gasteiger partial charge on any atom is 0.251 e. The number of hydrogen-bond donors (Lipinski definition) is 1. The predicted molar refractivity (Wildman–Crippen MR) is 93.3 cm³/mol. The molecule has 3 rings (SSSR count). The molecule has 0 spiro atoms. The van der Waals surface area contributed by atoms with E-state index < -0.39 is 0 Å². The summed E-state index contributed by atoms with van der Waals surface area (Å²) in [5.74, 6) is 1.85. The Morgan fingerprint density at radius 3 is 2.56 bits per heavy atom. The first kappa shape index (κ1) is 16.8. The summed E-state index contributed by atoms with van der Waals surface area (Å²) in [6.07, 6.45) is 2.49. The molecule has 25 heavy (non-hydrogen) atoms. The number of ether oxygens (including phenoxy) is 2. The Morgan fingerprint density at radius 2 is 1.88 bits per heavy atom. The minimum Gasteiger partial charge on any atom is -0.496 e. The lowest BCUT2D eigenvalue weighted by Crippen LogP contribution is -2.26. The SMILES string of the molecule is COc1cc(C(=O)NCCc2nnc3ccccn23)cc(OC)c1C. The van der Waals surface area contributed by atoms with Crippen LogP contribution in [0.5, 0.6) is 11.5 Å². The molecule has 0 radical (unpaired) electrons. The van der Waals surface area contributed by atoms with E-state index in [0.29, 0.717) is 30.0 Å². The predicted octanol–water partition coefficient (Wildman–Crippen LogP) is 2.03. The molecule has 0 aliphatic heterocycles. The van der Waals surface area contributed by atoms with Crippen LogP contribution in [-0.2, 0) is 6.42 Å². The van der Waals surface area contributed by atoms with Crippen molar-refractivity contribution in [3.8, 4) is 11.5 Å². The molecule has 0 unspecified atom stereocenters. The van der Waals surface area contributed by atoms with Crippen molar-refractivity contribution in [3.63, 3.8) is 0 Å². The number of benzene rings is 1. The Hall–Kier alpha value is -3.09. The zero-order valence-electron chi connectivity index (χ0n) is 14.4. The molecule has 0 saturated heterocycles. The van der Waals surface area contributed by atoms with Gasteiger partial charge in [0.1, 0.15) is 17.3 Å². The van der Waals surface area contributed by atoms with Crippen molar-refractivity contribution in [2.45, 2.75) is 13.3 Å². The first-order valence-electron chi connectivity index (χ1n) is 7.93. The average Bonchev–Trinajstić information content (AvgIpc) is 3.05. The van der Waals surface area contributed by atoms with Gasteiger partial charge in [0.05, 0.1) is 14.2 Å². The monoisotopic (exact) mass is 340 g/mol. The maximum absolute atomic E-state index is 12.4. The van der Waals surface area contributed by atoms with Gasteiger partial charge in [0, 0.05) is 30.3 Å². The minimum atomic E-state index is -0.189. The highest BCUT2D eigenvalue weighted by atomic mass is 16.5. The number of hydrogen-bond acceptors (Lipinski definition) is 5. The second-order valence-corrected chi connectivity index (χ2v) is 5.56. The lowest BCUT2D eigenvalue weighted by molar-refractivity contribution is 0.0953. The topological polar surface area (TPSA) is 77.8 Å². The molecule has 7 heteroatoms. The molecule has 3 aromatic rings. The highest BCUT2D eigenvalue weighted by Gasteiger charge is 2.13. The van der Waals surface area contributed by atoms with Crippen LogP contribution in [0.15, 0.2) is 36.5 Å². The molecule has 0 bridgehead atoms. The van der Waals surface area contributed by atoms with Gasteiger partial charge in [0.2, 0.25) is 0 Å².